The van der Waals surface area contributed by atoms with Gasteiger partial charge < -0.3 is 40.2 Å². The predicted molar refractivity (Wildman–Crippen MR) is 222 cm³/mol. The first-order chi connectivity index (χ1) is 27.3. The molecule has 0 fully saturated rings. The number of sulfonamides is 1. The maximum absolute atomic E-state index is 13.5. The fourth-order valence-corrected chi connectivity index (χ4v) is 6.65. The van der Waals surface area contributed by atoms with Crippen molar-refractivity contribution in [1.82, 2.24) is 15.0 Å². The van der Waals surface area contributed by atoms with Crippen LogP contribution in [0.25, 0.3) is 10.8 Å². The number of hydrogen-bond donors (Lipinski definition) is 5. The van der Waals surface area contributed by atoms with Gasteiger partial charge in [-0.3, -0.25) is 4.79 Å². The third-order valence-electron chi connectivity index (χ3n) is 8.62. The van der Waals surface area contributed by atoms with Crippen LogP contribution in [0.3, 0.4) is 0 Å². The highest BCUT2D eigenvalue weighted by Crippen LogP contribution is 2.39. The van der Waals surface area contributed by atoms with Gasteiger partial charge in [0.25, 0.3) is 5.91 Å². The molecule has 0 aliphatic heterocycles. The third-order valence-corrected chi connectivity index (χ3v) is 10.0. The number of urea groups is 1. The molecular formula is C42H46N6O8S. The molecule has 0 spiro atoms. The van der Waals surface area contributed by atoms with Gasteiger partial charge in [0.1, 0.15) is 22.2 Å². The van der Waals surface area contributed by atoms with Crippen molar-refractivity contribution in [3.8, 4) is 29.6 Å². The molecule has 0 aliphatic carbocycles. The van der Waals surface area contributed by atoms with Crippen molar-refractivity contribution in [3.63, 3.8) is 0 Å². The number of anilines is 4. The maximum atomic E-state index is 13.5. The highest BCUT2D eigenvalue weighted by atomic mass is 32.2. The molecule has 0 aliphatic rings. The average molecular weight is 795 g/mol. The summed E-state index contributed by atoms with van der Waals surface area (Å²) in [6.45, 7) is 7.38. The lowest BCUT2D eigenvalue weighted by Gasteiger charge is -2.23. The molecule has 0 unspecified atom stereocenters. The second kappa shape index (κ2) is 18.6. The Hall–Kier alpha value is -6.18. The smallest absolute Gasteiger partial charge is 0.323 e. The molecule has 14 nitrogen and oxygen atoms in total. The van der Waals surface area contributed by atoms with E-state index < -0.39 is 21.5 Å². The highest BCUT2D eigenvalue weighted by molar-refractivity contribution is 7.89. The maximum Gasteiger partial charge on any atom is 0.323 e. The van der Waals surface area contributed by atoms with Crippen LogP contribution in [0.4, 0.5) is 27.7 Å². The molecule has 5 aromatic rings. The van der Waals surface area contributed by atoms with Gasteiger partial charge in [-0.1, -0.05) is 51.0 Å². The van der Waals surface area contributed by atoms with Crippen LogP contribution in [0.1, 0.15) is 42.3 Å². The standard InChI is InChI=1S/C42H46N6O8S/c1-8-27-21-28(40(49)45-17-18-55-20-19-53-6)23-30(22-27)46-38-26-31(15-16-44-38)56-36-14-13-34(32-11-9-10-12-33(32)36)47-41(50)48-35-24-29(42(2,3)4)25-37(39(35)54-7)57(51,52)43-5/h1,9-16,21-26,43H,17-20H2,2-7H3,(H,44,46)(H,45,49)(H2,47,48,50). The Morgan fingerprint density at radius 2 is 1.63 bits per heavy atom. The van der Waals surface area contributed by atoms with Crippen LogP contribution in [0, 0.1) is 12.3 Å². The summed E-state index contributed by atoms with van der Waals surface area (Å²) < 4.78 is 50.4. The van der Waals surface area contributed by atoms with E-state index in [4.69, 9.17) is 25.4 Å². The van der Waals surface area contributed by atoms with Crippen LogP contribution in [-0.4, -0.2) is 73.0 Å². The molecule has 0 atom stereocenters. The Bertz CT molecular complexity index is 2410. The Balaban J connectivity index is 1.34. The van der Waals surface area contributed by atoms with E-state index in [1.54, 1.807) is 67.9 Å². The van der Waals surface area contributed by atoms with E-state index in [0.29, 0.717) is 82.5 Å². The number of nitrogens with zero attached hydrogens (tertiary/aromatic N) is 1. The van der Waals surface area contributed by atoms with Crippen molar-refractivity contribution < 1.29 is 37.0 Å². The zero-order valence-electron chi connectivity index (χ0n) is 32.6. The summed E-state index contributed by atoms with van der Waals surface area (Å²) in [6.07, 6.45) is 7.28. The first kappa shape index (κ1) is 42.0. The van der Waals surface area contributed by atoms with Gasteiger partial charge in [-0.15, -0.1) is 6.42 Å². The molecule has 0 saturated heterocycles. The molecule has 298 valence electrons. The topological polar surface area (TPSA) is 178 Å². The number of rotatable bonds is 16. The van der Waals surface area contributed by atoms with Crippen LogP contribution in [0.5, 0.6) is 17.2 Å². The lowest BCUT2D eigenvalue weighted by molar-refractivity contribution is 0.0692. The summed E-state index contributed by atoms with van der Waals surface area (Å²) in [6, 6.07) is 21.9. The van der Waals surface area contributed by atoms with Gasteiger partial charge in [0, 0.05) is 53.5 Å². The van der Waals surface area contributed by atoms with Gasteiger partial charge in [-0.25, -0.2) is 22.9 Å². The van der Waals surface area contributed by atoms with E-state index in [9.17, 15) is 18.0 Å². The summed E-state index contributed by atoms with van der Waals surface area (Å²) >= 11 is 0. The Morgan fingerprint density at radius 1 is 0.877 bits per heavy atom. The van der Waals surface area contributed by atoms with Gasteiger partial charge in [0.2, 0.25) is 10.0 Å². The zero-order chi connectivity index (χ0) is 41.2. The summed E-state index contributed by atoms with van der Waals surface area (Å²) in [4.78, 5) is 30.7. The predicted octanol–water partition coefficient (Wildman–Crippen LogP) is 7.00. The molecule has 3 amide bonds. The molecule has 1 aromatic heterocycles. The summed E-state index contributed by atoms with van der Waals surface area (Å²) in [5.41, 5.74) is 2.34. The normalized spacial score (nSPS) is 11.4. The summed E-state index contributed by atoms with van der Waals surface area (Å²) in [7, 11) is 0.317. The van der Waals surface area contributed by atoms with Crippen LogP contribution in [0.15, 0.2) is 90.0 Å². The SMILES string of the molecule is C#Cc1cc(Nc2cc(Oc3ccc(NC(=O)Nc4cc(C(C)(C)C)cc(S(=O)(=O)NC)c4OC)c4ccccc34)ccn2)cc(C(=O)NCCOCCOC)c1. The fraction of sp³-hybridized carbons (Fsp3) is 0.262. The number of aromatic nitrogens is 1. The van der Waals surface area contributed by atoms with Gasteiger partial charge in [-0.2, -0.15) is 0 Å². The van der Waals surface area contributed by atoms with Crippen molar-refractivity contribution in [2.24, 2.45) is 0 Å². The van der Waals surface area contributed by atoms with Crippen LogP contribution >= 0.6 is 0 Å². The van der Waals surface area contributed by atoms with Crippen molar-refractivity contribution in [1.29, 1.82) is 0 Å². The van der Waals surface area contributed by atoms with Gasteiger partial charge in [0.15, 0.2) is 5.75 Å². The van der Waals surface area contributed by atoms with Gasteiger partial charge in [-0.05, 0) is 66.6 Å². The molecule has 0 radical (unpaired) electrons. The highest BCUT2D eigenvalue weighted by Gasteiger charge is 2.27. The van der Waals surface area contributed by atoms with Crippen LogP contribution < -0.4 is 35.5 Å². The Labute approximate surface area is 332 Å². The number of terminal acetylenes is 1. The molecule has 1 heterocycles. The Morgan fingerprint density at radius 3 is 2.33 bits per heavy atom. The first-order valence-corrected chi connectivity index (χ1v) is 19.4. The number of methoxy groups -OCH3 is 2. The third kappa shape index (κ3) is 10.8. The number of hydrogen-bond acceptors (Lipinski definition) is 10. The number of ether oxygens (including phenoxy) is 4. The van der Waals surface area contributed by atoms with E-state index >= 15 is 0 Å². The van der Waals surface area contributed by atoms with E-state index in [-0.39, 0.29) is 22.2 Å². The summed E-state index contributed by atoms with van der Waals surface area (Å²) in [5, 5.41) is 13.1. The minimum absolute atomic E-state index is 0.00224. The number of benzene rings is 4. The lowest BCUT2D eigenvalue weighted by Crippen LogP contribution is -2.27. The second-order valence-corrected chi connectivity index (χ2v) is 15.5. The monoisotopic (exact) mass is 794 g/mol. The number of fused-ring (bicyclic) bond motifs is 1. The number of carbonyl (C=O) groups is 2. The van der Waals surface area contributed by atoms with Crippen LogP contribution in [-0.2, 0) is 24.9 Å². The fourth-order valence-electron chi connectivity index (χ4n) is 5.71. The minimum Gasteiger partial charge on any atom is -0.493 e. The van der Waals surface area contributed by atoms with E-state index in [1.165, 1.54) is 14.2 Å². The molecule has 15 heteroatoms. The number of amides is 3. The van der Waals surface area contributed by atoms with Gasteiger partial charge in [0.05, 0.1) is 38.3 Å². The van der Waals surface area contributed by atoms with Gasteiger partial charge >= 0.3 is 6.03 Å². The molecule has 0 saturated carbocycles. The largest absolute Gasteiger partial charge is 0.493 e. The molecule has 0 bridgehead atoms. The second-order valence-electron chi connectivity index (χ2n) is 13.7. The van der Waals surface area contributed by atoms with Crippen molar-refractivity contribution in [2.75, 3.05) is 63.6 Å². The molecule has 57 heavy (non-hydrogen) atoms. The lowest BCUT2D eigenvalue weighted by atomic mass is 9.86. The van der Waals surface area contributed by atoms with E-state index in [0.717, 1.165) is 0 Å². The minimum atomic E-state index is -3.93. The van der Waals surface area contributed by atoms with E-state index in [1.807, 2.05) is 45.0 Å². The Kier molecular flexibility index (Phi) is 13.7. The van der Waals surface area contributed by atoms with Crippen molar-refractivity contribution in [3.05, 3.63) is 102 Å². The molecule has 4 aromatic carbocycles. The first-order valence-electron chi connectivity index (χ1n) is 17.9. The summed E-state index contributed by atoms with van der Waals surface area (Å²) in [5.74, 6) is 3.70. The van der Waals surface area contributed by atoms with Crippen molar-refractivity contribution in [2.45, 2.75) is 31.1 Å². The van der Waals surface area contributed by atoms with E-state index in [2.05, 4.69) is 36.9 Å². The number of nitrogens with one attached hydrogen (secondary N) is 5. The van der Waals surface area contributed by atoms with Crippen LogP contribution in [0.2, 0.25) is 0 Å². The molecule has 5 N–H and O–H groups in total. The molecular weight excluding hydrogens is 749 g/mol. The molecule has 5 rings (SSSR count). The quantitative estimate of drug-likeness (QED) is 0.0516. The number of pyridine rings is 1. The average Bonchev–Trinajstić information content (AvgIpc) is 3.19. The number of carbonyl (C=O) groups excluding carboxylic acids is 2. The zero-order valence-corrected chi connectivity index (χ0v) is 33.4. The van der Waals surface area contributed by atoms with Crippen molar-refractivity contribution >= 4 is 55.6 Å².